The van der Waals surface area contributed by atoms with E-state index in [0.29, 0.717) is 6.04 Å². The van der Waals surface area contributed by atoms with Gasteiger partial charge in [0.1, 0.15) is 0 Å². The van der Waals surface area contributed by atoms with Crippen LogP contribution in [0.25, 0.3) is 0 Å². The van der Waals surface area contributed by atoms with Gasteiger partial charge in [-0.2, -0.15) is 5.10 Å². The predicted molar refractivity (Wildman–Crippen MR) is 89.5 cm³/mol. The van der Waals surface area contributed by atoms with Crippen LogP contribution in [0.3, 0.4) is 0 Å². The molecule has 1 unspecified atom stereocenters. The van der Waals surface area contributed by atoms with Crippen LogP contribution in [0.2, 0.25) is 0 Å². The van der Waals surface area contributed by atoms with Crippen LogP contribution in [0.15, 0.2) is 12.3 Å². The van der Waals surface area contributed by atoms with E-state index in [1.165, 1.54) is 42.8 Å². The molecule has 1 saturated carbocycles. The Morgan fingerprint density at radius 3 is 3.00 bits per heavy atom. The average Bonchev–Trinajstić information content (AvgIpc) is 3.22. The number of nitrogens with one attached hydrogen (secondary N) is 1. The fourth-order valence-corrected chi connectivity index (χ4v) is 4.01. The van der Waals surface area contributed by atoms with Crippen LogP contribution in [0.5, 0.6) is 0 Å². The van der Waals surface area contributed by atoms with Crippen LogP contribution in [0.4, 0.5) is 0 Å². The highest BCUT2D eigenvalue weighted by Crippen LogP contribution is 2.39. The molecule has 0 bridgehead atoms. The minimum Gasteiger partial charge on any atom is -0.315 e. The lowest BCUT2D eigenvalue weighted by molar-refractivity contribution is 0.195. The van der Waals surface area contributed by atoms with E-state index in [9.17, 15) is 0 Å². The van der Waals surface area contributed by atoms with Gasteiger partial charge in [0.05, 0.1) is 35.9 Å². The maximum absolute atomic E-state index is 4.79. The normalized spacial score (nSPS) is 24.9. The molecule has 2 aromatic heterocycles. The monoisotopic (exact) mass is 327 g/mol. The lowest BCUT2D eigenvalue weighted by atomic mass is 10.1. The third-order valence-corrected chi connectivity index (χ3v) is 5.54. The number of nitrogens with zero attached hydrogens (tertiary/aromatic N) is 6. The number of hydrogen-bond acceptors (Lipinski definition) is 5. The highest BCUT2D eigenvalue weighted by atomic mass is 15.4. The summed E-state index contributed by atoms with van der Waals surface area (Å²) in [4.78, 5) is 2.50. The van der Waals surface area contributed by atoms with Crippen LogP contribution in [0.1, 0.15) is 54.7 Å². The van der Waals surface area contributed by atoms with Crippen LogP contribution >= 0.6 is 0 Å². The highest BCUT2D eigenvalue weighted by Gasteiger charge is 2.29. The summed E-state index contributed by atoms with van der Waals surface area (Å²) in [5.41, 5.74) is 3.91. The molecule has 0 aromatic carbocycles. The van der Waals surface area contributed by atoms with Crippen molar-refractivity contribution in [2.24, 2.45) is 0 Å². The summed E-state index contributed by atoms with van der Waals surface area (Å²) in [6.07, 6.45) is 6.99. The summed E-state index contributed by atoms with van der Waals surface area (Å²) in [7, 11) is 0. The Morgan fingerprint density at radius 1 is 1.21 bits per heavy atom. The number of aromatic nitrogens is 5. The molecule has 24 heavy (non-hydrogen) atoms. The van der Waals surface area contributed by atoms with Gasteiger partial charge in [0.15, 0.2) is 0 Å². The molecular weight excluding hydrogens is 302 g/mol. The van der Waals surface area contributed by atoms with Crippen LogP contribution < -0.4 is 5.32 Å². The smallest absolute Gasteiger partial charge is 0.0738 e. The van der Waals surface area contributed by atoms with Crippen molar-refractivity contribution in [1.82, 2.24) is 35.0 Å². The molecule has 7 heteroatoms. The lowest BCUT2D eigenvalue weighted by Crippen LogP contribution is -2.36. The van der Waals surface area contributed by atoms with Crippen molar-refractivity contribution in [3.05, 3.63) is 29.3 Å². The zero-order valence-corrected chi connectivity index (χ0v) is 14.1. The van der Waals surface area contributed by atoms with E-state index in [1.54, 1.807) is 0 Å². The molecule has 1 N–H and O–H groups in total. The molecule has 4 heterocycles. The number of piperidine rings is 1. The van der Waals surface area contributed by atoms with Crippen LogP contribution in [-0.2, 0) is 19.6 Å². The van der Waals surface area contributed by atoms with Crippen molar-refractivity contribution in [1.29, 1.82) is 0 Å². The van der Waals surface area contributed by atoms with Crippen molar-refractivity contribution in [2.45, 2.75) is 57.3 Å². The standard InChI is InChI=1S/C17H25N7/c1-2-14(9-18-5-1)24-16(10-19-21-24)12-22-6-7-23-15(11-22)8-17(20-23)13-3-4-13/h8,10,13-14,18H,1-7,9,11-12H2. The second kappa shape index (κ2) is 5.97. The molecule has 1 saturated heterocycles. The van der Waals surface area contributed by atoms with Gasteiger partial charge < -0.3 is 5.32 Å². The zero-order valence-electron chi connectivity index (χ0n) is 14.1. The number of hydrogen-bond donors (Lipinski definition) is 1. The van der Waals surface area contributed by atoms with Gasteiger partial charge in [-0.1, -0.05) is 5.21 Å². The summed E-state index contributed by atoms with van der Waals surface area (Å²) in [5.74, 6) is 0.737. The first-order valence-corrected chi connectivity index (χ1v) is 9.25. The Labute approximate surface area is 142 Å². The van der Waals surface area contributed by atoms with E-state index < -0.39 is 0 Å². The first-order valence-electron chi connectivity index (χ1n) is 9.25. The Balaban J connectivity index is 1.29. The molecule has 0 amide bonds. The van der Waals surface area contributed by atoms with Gasteiger partial charge >= 0.3 is 0 Å². The van der Waals surface area contributed by atoms with Crippen molar-refractivity contribution in [3.63, 3.8) is 0 Å². The summed E-state index contributed by atoms with van der Waals surface area (Å²) >= 11 is 0. The molecule has 7 nitrogen and oxygen atoms in total. The molecule has 2 fully saturated rings. The minimum absolute atomic E-state index is 0.452. The molecule has 0 radical (unpaired) electrons. The predicted octanol–water partition coefficient (Wildman–Crippen LogP) is 1.29. The van der Waals surface area contributed by atoms with Crippen molar-refractivity contribution < 1.29 is 0 Å². The van der Waals surface area contributed by atoms with Gasteiger partial charge in [0.25, 0.3) is 0 Å². The van der Waals surface area contributed by atoms with Crippen LogP contribution in [-0.4, -0.2) is 49.3 Å². The third-order valence-electron chi connectivity index (χ3n) is 5.54. The maximum atomic E-state index is 4.79. The highest BCUT2D eigenvalue weighted by molar-refractivity contribution is 5.19. The van der Waals surface area contributed by atoms with E-state index in [0.717, 1.165) is 45.2 Å². The van der Waals surface area contributed by atoms with E-state index in [1.807, 2.05) is 6.20 Å². The summed E-state index contributed by atoms with van der Waals surface area (Å²) < 4.78 is 4.36. The Kier molecular flexibility index (Phi) is 3.63. The largest absolute Gasteiger partial charge is 0.315 e. The maximum Gasteiger partial charge on any atom is 0.0738 e. The summed E-state index contributed by atoms with van der Waals surface area (Å²) in [6.45, 7) is 6.08. The van der Waals surface area contributed by atoms with Crippen LogP contribution in [0, 0.1) is 0 Å². The summed E-state index contributed by atoms with van der Waals surface area (Å²) in [5, 5.41) is 16.8. The van der Waals surface area contributed by atoms with Gasteiger partial charge in [-0.3, -0.25) is 9.58 Å². The van der Waals surface area contributed by atoms with E-state index in [4.69, 9.17) is 5.10 Å². The van der Waals surface area contributed by atoms with E-state index in [-0.39, 0.29) is 0 Å². The molecule has 5 rings (SSSR count). The van der Waals surface area contributed by atoms with Gasteiger partial charge in [-0.15, -0.1) is 5.10 Å². The first-order chi connectivity index (χ1) is 11.9. The van der Waals surface area contributed by atoms with Gasteiger partial charge in [0.2, 0.25) is 0 Å². The molecule has 2 aromatic rings. The van der Waals surface area contributed by atoms with Crippen molar-refractivity contribution >= 4 is 0 Å². The third kappa shape index (κ3) is 2.75. The lowest BCUT2D eigenvalue weighted by Gasteiger charge is -2.29. The zero-order chi connectivity index (χ0) is 15.9. The molecule has 128 valence electrons. The molecule has 0 spiro atoms. The van der Waals surface area contributed by atoms with Gasteiger partial charge in [-0.25, -0.2) is 4.68 Å². The Hall–Kier alpha value is -1.73. The van der Waals surface area contributed by atoms with Crippen molar-refractivity contribution in [3.8, 4) is 0 Å². The van der Waals surface area contributed by atoms with E-state index >= 15 is 0 Å². The second-order valence-electron chi connectivity index (χ2n) is 7.44. The SMILES string of the molecule is c1c(C2CC2)nn2c1CN(Cc1cnnn1C1CCCNC1)CC2. The van der Waals surface area contributed by atoms with E-state index in [2.05, 4.69) is 36.0 Å². The molecular formula is C17H25N7. The molecule has 3 aliphatic rings. The number of fused-ring (bicyclic) bond motifs is 1. The van der Waals surface area contributed by atoms with Gasteiger partial charge in [-0.05, 0) is 38.3 Å². The fraction of sp³-hybridized carbons (Fsp3) is 0.706. The topological polar surface area (TPSA) is 63.8 Å². The van der Waals surface area contributed by atoms with Gasteiger partial charge in [0, 0.05) is 32.1 Å². The molecule has 2 aliphatic heterocycles. The minimum atomic E-state index is 0.452. The average molecular weight is 327 g/mol. The van der Waals surface area contributed by atoms with Crippen molar-refractivity contribution in [2.75, 3.05) is 19.6 Å². The quantitative estimate of drug-likeness (QED) is 0.917. The molecule has 1 aliphatic carbocycles. The first kappa shape index (κ1) is 14.6. The Bertz CT molecular complexity index is 708. The second-order valence-corrected chi connectivity index (χ2v) is 7.44. The Morgan fingerprint density at radius 2 is 2.17 bits per heavy atom. The number of rotatable bonds is 4. The molecule has 1 atom stereocenters. The summed E-state index contributed by atoms with van der Waals surface area (Å²) in [6, 6.07) is 2.78. The fourth-order valence-electron chi connectivity index (χ4n) is 4.01.